The Morgan fingerprint density at radius 3 is 2.72 bits per heavy atom. The van der Waals surface area contributed by atoms with Gasteiger partial charge in [0.2, 0.25) is 0 Å². The van der Waals surface area contributed by atoms with Crippen LogP contribution in [0, 0.1) is 12.8 Å². The van der Waals surface area contributed by atoms with Crippen molar-refractivity contribution in [3.05, 3.63) is 35.4 Å². The molecule has 3 heterocycles. The Morgan fingerprint density at radius 1 is 1.21 bits per heavy atom. The molecule has 1 fully saturated rings. The van der Waals surface area contributed by atoms with E-state index in [0.717, 1.165) is 75.5 Å². The fourth-order valence-corrected chi connectivity index (χ4v) is 3.85. The highest BCUT2D eigenvalue weighted by Crippen LogP contribution is 2.28. The lowest BCUT2D eigenvalue weighted by Gasteiger charge is -2.20. The predicted octanol–water partition coefficient (Wildman–Crippen LogP) is 3.79. The highest BCUT2D eigenvalue weighted by molar-refractivity contribution is 5.92. The Labute approximate surface area is 174 Å². The van der Waals surface area contributed by atoms with E-state index in [1.807, 2.05) is 11.8 Å². The molecule has 0 radical (unpaired) electrons. The molecule has 2 aromatic rings. The van der Waals surface area contributed by atoms with Crippen LogP contribution in [-0.4, -0.2) is 48.6 Å². The molecule has 1 saturated heterocycles. The Morgan fingerprint density at radius 2 is 2.03 bits per heavy atom. The Balaban J connectivity index is 1.71. The van der Waals surface area contributed by atoms with Crippen LogP contribution in [0.3, 0.4) is 0 Å². The van der Waals surface area contributed by atoms with Gasteiger partial charge < -0.3 is 4.90 Å². The molecule has 7 nitrogen and oxygen atoms in total. The molecule has 3 rings (SSSR count). The monoisotopic (exact) mass is 398 g/mol. The van der Waals surface area contributed by atoms with E-state index >= 15 is 0 Å². The van der Waals surface area contributed by atoms with Crippen molar-refractivity contribution >= 4 is 5.91 Å². The van der Waals surface area contributed by atoms with Crippen molar-refractivity contribution in [1.82, 2.24) is 29.6 Å². The van der Waals surface area contributed by atoms with Crippen molar-refractivity contribution in [3.8, 4) is 0 Å². The third-order valence-corrected chi connectivity index (χ3v) is 5.44. The van der Waals surface area contributed by atoms with Crippen LogP contribution >= 0.6 is 0 Å². The summed E-state index contributed by atoms with van der Waals surface area (Å²) in [4.78, 5) is 28.2. The summed E-state index contributed by atoms with van der Waals surface area (Å²) in [6.45, 7) is 10.9. The van der Waals surface area contributed by atoms with Crippen LogP contribution in [-0.2, 0) is 13.0 Å². The molecular formula is C22H34N6O. The molecule has 1 unspecified atom stereocenters. The van der Waals surface area contributed by atoms with Gasteiger partial charge in [-0.25, -0.2) is 14.6 Å². The number of unbranched alkanes of at least 4 members (excludes halogenated alkanes) is 1. The molecule has 29 heavy (non-hydrogen) atoms. The van der Waals surface area contributed by atoms with Gasteiger partial charge in [0.15, 0.2) is 5.82 Å². The highest BCUT2D eigenvalue weighted by Gasteiger charge is 2.27. The van der Waals surface area contributed by atoms with Crippen molar-refractivity contribution in [3.63, 3.8) is 0 Å². The lowest BCUT2D eigenvalue weighted by molar-refractivity contribution is 0.0754. The van der Waals surface area contributed by atoms with Gasteiger partial charge in [-0.1, -0.05) is 27.2 Å². The first kappa shape index (κ1) is 21.4. The zero-order chi connectivity index (χ0) is 20.8. The van der Waals surface area contributed by atoms with Gasteiger partial charge in [0, 0.05) is 38.2 Å². The van der Waals surface area contributed by atoms with E-state index in [1.165, 1.54) is 0 Å². The smallest absolute Gasteiger partial charge is 0.274 e. The molecule has 0 saturated carbocycles. The fraction of sp³-hybridized carbons (Fsp3) is 0.682. The third kappa shape index (κ3) is 5.61. The number of aromatic nitrogens is 5. The lowest BCUT2D eigenvalue weighted by atomic mass is 10.00. The van der Waals surface area contributed by atoms with E-state index in [1.54, 1.807) is 12.4 Å². The molecule has 1 atom stereocenters. The van der Waals surface area contributed by atoms with Crippen LogP contribution in [0.4, 0.5) is 0 Å². The Bertz CT molecular complexity index is 798. The van der Waals surface area contributed by atoms with E-state index in [0.29, 0.717) is 17.5 Å². The van der Waals surface area contributed by atoms with Crippen LogP contribution < -0.4 is 0 Å². The molecular weight excluding hydrogens is 364 g/mol. The Hall–Kier alpha value is -2.31. The van der Waals surface area contributed by atoms with Crippen LogP contribution in [0.1, 0.15) is 86.6 Å². The predicted molar refractivity (Wildman–Crippen MR) is 113 cm³/mol. The molecule has 2 aromatic heterocycles. The summed E-state index contributed by atoms with van der Waals surface area (Å²) in [5, 5.41) is 4.81. The van der Waals surface area contributed by atoms with E-state index in [2.05, 4.69) is 35.4 Å². The fourth-order valence-electron chi connectivity index (χ4n) is 3.85. The molecule has 0 aliphatic carbocycles. The van der Waals surface area contributed by atoms with Crippen molar-refractivity contribution in [2.45, 2.75) is 78.7 Å². The molecule has 158 valence electrons. The number of likely N-dealkylation sites (tertiary alicyclic amines) is 1. The number of hydrogen-bond donors (Lipinski definition) is 0. The van der Waals surface area contributed by atoms with Gasteiger partial charge in [-0.2, -0.15) is 5.10 Å². The maximum Gasteiger partial charge on any atom is 0.274 e. The second-order valence-electron chi connectivity index (χ2n) is 8.52. The standard InChI is InChI=1S/C22H34N6O/c1-5-6-11-28-21(25-20(26-28)13-16(2)3)18-8-7-10-27(12-9-18)22(29)19-15-23-17(4)14-24-19/h14-16,18H,5-13H2,1-4H3. The number of nitrogens with zero attached hydrogens (tertiary/aromatic N) is 6. The van der Waals surface area contributed by atoms with Crippen LogP contribution in [0.15, 0.2) is 12.4 Å². The van der Waals surface area contributed by atoms with Crippen LogP contribution in [0.25, 0.3) is 0 Å². The average Bonchev–Trinajstić information content (AvgIpc) is 2.92. The van der Waals surface area contributed by atoms with Gasteiger partial charge >= 0.3 is 0 Å². The van der Waals surface area contributed by atoms with E-state index in [9.17, 15) is 4.79 Å². The van der Waals surface area contributed by atoms with Crippen molar-refractivity contribution in [2.24, 2.45) is 5.92 Å². The summed E-state index contributed by atoms with van der Waals surface area (Å²) < 4.78 is 2.13. The third-order valence-electron chi connectivity index (χ3n) is 5.44. The van der Waals surface area contributed by atoms with Gasteiger partial charge in [0.25, 0.3) is 5.91 Å². The molecule has 7 heteroatoms. The first-order valence-electron chi connectivity index (χ1n) is 11.0. The Kier molecular flexibility index (Phi) is 7.34. The number of hydrogen-bond acceptors (Lipinski definition) is 5. The maximum absolute atomic E-state index is 12.8. The van der Waals surface area contributed by atoms with E-state index < -0.39 is 0 Å². The summed E-state index contributed by atoms with van der Waals surface area (Å²) in [6.07, 6.45) is 9.32. The highest BCUT2D eigenvalue weighted by atomic mass is 16.2. The summed E-state index contributed by atoms with van der Waals surface area (Å²) in [6, 6.07) is 0. The normalized spacial score (nSPS) is 17.6. The van der Waals surface area contributed by atoms with Gasteiger partial charge in [0.1, 0.15) is 11.5 Å². The average molecular weight is 399 g/mol. The molecule has 0 spiro atoms. The number of amides is 1. The minimum atomic E-state index is -0.0221. The van der Waals surface area contributed by atoms with Crippen molar-refractivity contribution in [2.75, 3.05) is 13.1 Å². The summed E-state index contributed by atoms with van der Waals surface area (Å²) in [5.41, 5.74) is 1.25. The van der Waals surface area contributed by atoms with E-state index in [-0.39, 0.29) is 5.91 Å². The molecule has 1 aliphatic heterocycles. The minimum Gasteiger partial charge on any atom is -0.337 e. The largest absolute Gasteiger partial charge is 0.337 e. The summed E-state index contributed by atoms with van der Waals surface area (Å²) in [7, 11) is 0. The number of carbonyl (C=O) groups excluding carboxylic acids is 1. The summed E-state index contributed by atoms with van der Waals surface area (Å²) >= 11 is 0. The van der Waals surface area contributed by atoms with E-state index in [4.69, 9.17) is 10.1 Å². The van der Waals surface area contributed by atoms with Crippen LogP contribution in [0.5, 0.6) is 0 Å². The zero-order valence-corrected chi connectivity index (χ0v) is 18.3. The number of carbonyl (C=O) groups is 1. The topological polar surface area (TPSA) is 76.8 Å². The quantitative estimate of drug-likeness (QED) is 0.709. The minimum absolute atomic E-state index is 0.0221. The number of aryl methyl sites for hydroxylation is 2. The van der Waals surface area contributed by atoms with Gasteiger partial charge in [-0.3, -0.25) is 9.78 Å². The van der Waals surface area contributed by atoms with Crippen molar-refractivity contribution in [1.29, 1.82) is 0 Å². The molecule has 0 aromatic carbocycles. The van der Waals surface area contributed by atoms with Crippen LogP contribution in [0.2, 0.25) is 0 Å². The second-order valence-corrected chi connectivity index (χ2v) is 8.52. The molecule has 1 aliphatic rings. The van der Waals surface area contributed by atoms with Crippen molar-refractivity contribution < 1.29 is 4.79 Å². The molecule has 0 N–H and O–H groups in total. The SMILES string of the molecule is CCCCn1nc(CC(C)C)nc1C1CCCN(C(=O)c2cnc(C)cn2)CC1. The first-order chi connectivity index (χ1) is 14.0. The number of rotatable bonds is 7. The van der Waals surface area contributed by atoms with Gasteiger partial charge in [-0.15, -0.1) is 0 Å². The zero-order valence-electron chi connectivity index (χ0n) is 18.3. The lowest BCUT2D eigenvalue weighted by Crippen LogP contribution is -2.32. The van der Waals surface area contributed by atoms with Gasteiger partial charge in [0.05, 0.1) is 11.9 Å². The van der Waals surface area contributed by atoms with Gasteiger partial charge in [-0.05, 0) is 38.5 Å². The molecule has 0 bridgehead atoms. The second kappa shape index (κ2) is 9.94. The summed E-state index contributed by atoms with van der Waals surface area (Å²) in [5.74, 6) is 2.94. The maximum atomic E-state index is 12.8. The molecule has 1 amide bonds. The first-order valence-corrected chi connectivity index (χ1v) is 11.0.